The number of nitrogens with one attached hydrogen (secondary N) is 1. The van der Waals surface area contributed by atoms with Crippen molar-refractivity contribution < 1.29 is 4.74 Å². The second-order valence-corrected chi connectivity index (χ2v) is 5.18. The van der Waals surface area contributed by atoms with Crippen molar-refractivity contribution in [2.45, 2.75) is 52.3 Å². The monoisotopic (exact) mass is 228 g/mol. The van der Waals surface area contributed by atoms with Gasteiger partial charge in [-0.3, -0.25) is 4.90 Å². The van der Waals surface area contributed by atoms with Gasteiger partial charge in [0.25, 0.3) is 0 Å². The standard InChI is InChI=1S/C13H28N2O/c1-6-13-9-16-11(3)8-15(13)12(4)10(2)7-14-5/h10-14H,6-9H2,1-5H3. The molecule has 0 spiro atoms. The summed E-state index contributed by atoms with van der Waals surface area (Å²) in [7, 11) is 2.03. The number of ether oxygens (including phenoxy) is 1. The molecule has 1 aliphatic rings. The van der Waals surface area contributed by atoms with Gasteiger partial charge in [-0.2, -0.15) is 0 Å². The molecular weight excluding hydrogens is 200 g/mol. The normalized spacial score (nSPS) is 31.3. The van der Waals surface area contributed by atoms with Crippen molar-refractivity contribution in [2.75, 3.05) is 26.7 Å². The molecule has 16 heavy (non-hydrogen) atoms. The molecule has 0 aromatic carbocycles. The Labute approximate surface area is 101 Å². The zero-order valence-electron chi connectivity index (χ0n) is 11.5. The Morgan fingerprint density at radius 2 is 2.12 bits per heavy atom. The molecule has 0 bridgehead atoms. The van der Waals surface area contributed by atoms with Gasteiger partial charge in [0.1, 0.15) is 0 Å². The van der Waals surface area contributed by atoms with Crippen LogP contribution in [0.4, 0.5) is 0 Å². The summed E-state index contributed by atoms with van der Waals surface area (Å²) in [5.74, 6) is 0.685. The summed E-state index contributed by atoms with van der Waals surface area (Å²) in [6, 6.07) is 1.23. The van der Waals surface area contributed by atoms with E-state index in [2.05, 4.69) is 37.9 Å². The van der Waals surface area contributed by atoms with Gasteiger partial charge >= 0.3 is 0 Å². The summed E-state index contributed by atoms with van der Waals surface area (Å²) in [6.07, 6.45) is 1.57. The van der Waals surface area contributed by atoms with Crippen molar-refractivity contribution >= 4 is 0 Å². The first-order valence-corrected chi connectivity index (χ1v) is 6.62. The van der Waals surface area contributed by atoms with Crippen LogP contribution in [-0.2, 0) is 4.74 Å². The summed E-state index contributed by atoms with van der Waals surface area (Å²) in [5, 5.41) is 3.27. The maximum Gasteiger partial charge on any atom is 0.0674 e. The third-order valence-corrected chi connectivity index (χ3v) is 3.85. The quantitative estimate of drug-likeness (QED) is 0.775. The van der Waals surface area contributed by atoms with Gasteiger partial charge in [-0.15, -0.1) is 0 Å². The highest BCUT2D eigenvalue weighted by Gasteiger charge is 2.31. The van der Waals surface area contributed by atoms with E-state index in [1.807, 2.05) is 7.05 Å². The minimum atomic E-state index is 0.382. The Morgan fingerprint density at radius 3 is 2.69 bits per heavy atom. The van der Waals surface area contributed by atoms with E-state index < -0.39 is 0 Å². The topological polar surface area (TPSA) is 24.5 Å². The minimum absolute atomic E-state index is 0.382. The first-order valence-electron chi connectivity index (χ1n) is 6.62. The van der Waals surface area contributed by atoms with Crippen LogP contribution in [0.2, 0.25) is 0 Å². The Hall–Kier alpha value is -0.120. The fourth-order valence-electron chi connectivity index (χ4n) is 2.54. The average Bonchev–Trinajstić information content (AvgIpc) is 2.28. The van der Waals surface area contributed by atoms with Crippen molar-refractivity contribution in [3.8, 4) is 0 Å². The summed E-state index contributed by atoms with van der Waals surface area (Å²) in [6.45, 7) is 12.2. The van der Waals surface area contributed by atoms with Crippen LogP contribution in [0.15, 0.2) is 0 Å². The van der Waals surface area contributed by atoms with Crippen molar-refractivity contribution in [1.82, 2.24) is 10.2 Å². The van der Waals surface area contributed by atoms with E-state index in [9.17, 15) is 0 Å². The van der Waals surface area contributed by atoms with Crippen molar-refractivity contribution in [1.29, 1.82) is 0 Å². The molecule has 4 atom stereocenters. The van der Waals surface area contributed by atoms with Crippen molar-refractivity contribution in [3.63, 3.8) is 0 Å². The summed E-state index contributed by atoms with van der Waals surface area (Å²) in [4.78, 5) is 2.64. The number of hydrogen-bond acceptors (Lipinski definition) is 3. The number of nitrogens with zero attached hydrogens (tertiary/aromatic N) is 1. The van der Waals surface area contributed by atoms with Gasteiger partial charge in [0.05, 0.1) is 12.7 Å². The zero-order chi connectivity index (χ0) is 12.1. The molecule has 1 saturated heterocycles. The molecule has 1 aliphatic heterocycles. The summed E-state index contributed by atoms with van der Waals surface area (Å²) >= 11 is 0. The number of morpholine rings is 1. The summed E-state index contributed by atoms with van der Waals surface area (Å²) < 4.78 is 5.74. The smallest absolute Gasteiger partial charge is 0.0674 e. The molecule has 3 heteroatoms. The lowest BCUT2D eigenvalue weighted by Crippen LogP contribution is -2.54. The molecule has 0 radical (unpaired) electrons. The molecule has 0 aliphatic carbocycles. The van der Waals surface area contributed by atoms with Gasteiger partial charge in [0.15, 0.2) is 0 Å². The van der Waals surface area contributed by atoms with E-state index >= 15 is 0 Å². The Balaban J connectivity index is 2.58. The second-order valence-electron chi connectivity index (χ2n) is 5.18. The molecule has 1 fully saturated rings. The molecule has 0 aromatic rings. The van der Waals surface area contributed by atoms with Crippen LogP contribution in [0.5, 0.6) is 0 Å². The highest BCUT2D eigenvalue weighted by atomic mass is 16.5. The molecule has 3 nitrogen and oxygen atoms in total. The van der Waals surface area contributed by atoms with Crippen LogP contribution in [0.25, 0.3) is 0 Å². The van der Waals surface area contributed by atoms with E-state index in [1.165, 1.54) is 6.42 Å². The van der Waals surface area contributed by atoms with Gasteiger partial charge in [-0.05, 0) is 39.8 Å². The van der Waals surface area contributed by atoms with Gasteiger partial charge in [0, 0.05) is 18.6 Å². The lowest BCUT2D eigenvalue weighted by Gasteiger charge is -2.44. The fraction of sp³-hybridized carbons (Fsp3) is 1.00. The van der Waals surface area contributed by atoms with Crippen molar-refractivity contribution in [2.24, 2.45) is 5.92 Å². The largest absolute Gasteiger partial charge is 0.376 e. The Bertz CT molecular complexity index is 198. The molecular formula is C13H28N2O. The first-order chi connectivity index (χ1) is 7.60. The van der Waals surface area contributed by atoms with Gasteiger partial charge in [-0.1, -0.05) is 13.8 Å². The number of hydrogen-bond donors (Lipinski definition) is 1. The van der Waals surface area contributed by atoms with Crippen LogP contribution in [-0.4, -0.2) is 49.8 Å². The highest BCUT2D eigenvalue weighted by Crippen LogP contribution is 2.21. The molecule has 4 unspecified atom stereocenters. The molecule has 1 heterocycles. The lowest BCUT2D eigenvalue weighted by atomic mass is 9.98. The van der Waals surface area contributed by atoms with E-state index in [-0.39, 0.29) is 0 Å². The third kappa shape index (κ3) is 3.44. The molecule has 0 amide bonds. The third-order valence-electron chi connectivity index (χ3n) is 3.85. The maximum absolute atomic E-state index is 5.74. The highest BCUT2D eigenvalue weighted by molar-refractivity contribution is 4.84. The van der Waals surface area contributed by atoms with Gasteiger partial charge in [0.2, 0.25) is 0 Å². The Kier molecular flexibility index (Phi) is 5.73. The maximum atomic E-state index is 5.74. The fourth-order valence-corrected chi connectivity index (χ4v) is 2.54. The van der Waals surface area contributed by atoms with Crippen LogP contribution >= 0.6 is 0 Å². The van der Waals surface area contributed by atoms with Crippen molar-refractivity contribution in [3.05, 3.63) is 0 Å². The Morgan fingerprint density at radius 1 is 1.44 bits per heavy atom. The molecule has 0 aromatic heterocycles. The summed E-state index contributed by atoms with van der Waals surface area (Å²) in [5.41, 5.74) is 0. The van der Waals surface area contributed by atoms with Crippen LogP contribution in [0, 0.1) is 5.92 Å². The lowest BCUT2D eigenvalue weighted by molar-refractivity contribution is -0.0769. The minimum Gasteiger partial charge on any atom is -0.376 e. The first kappa shape index (κ1) is 13.9. The van der Waals surface area contributed by atoms with E-state index in [0.29, 0.717) is 24.1 Å². The average molecular weight is 228 g/mol. The van der Waals surface area contributed by atoms with Gasteiger partial charge < -0.3 is 10.1 Å². The van der Waals surface area contributed by atoms with Crippen LogP contribution in [0.1, 0.15) is 34.1 Å². The predicted octanol–water partition coefficient (Wildman–Crippen LogP) is 1.73. The zero-order valence-corrected chi connectivity index (χ0v) is 11.5. The van der Waals surface area contributed by atoms with E-state index in [0.717, 1.165) is 19.7 Å². The predicted molar refractivity (Wildman–Crippen MR) is 68.8 cm³/mol. The second kappa shape index (κ2) is 6.58. The van der Waals surface area contributed by atoms with E-state index in [4.69, 9.17) is 4.74 Å². The molecule has 1 N–H and O–H groups in total. The molecule has 1 rings (SSSR count). The molecule has 96 valence electrons. The van der Waals surface area contributed by atoms with E-state index in [1.54, 1.807) is 0 Å². The van der Waals surface area contributed by atoms with Crippen LogP contribution < -0.4 is 5.32 Å². The number of rotatable bonds is 5. The molecule has 0 saturated carbocycles. The van der Waals surface area contributed by atoms with Gasteiger partial charge in [-0.25, -0.2) is 0 Å². The SMILES string of the molecule is CCC1COC(C)CN1C(C)C(C)CNC. The van der Waals surface area contributed by atoms with Crippen LogP contribution in [0.3, 0.4) is 0 Å².